The average Bonchev–Trinajstić information content (AvgIpc) is 2.96. The molecule has 1 aliphatic heterocycles. The highest BCUT2D eigenvalue weighted by molar-refractivity contribution is 5.83. The molecule has 3 rings (SSSR count). The van der Waals surface area contributed by atoms with Gasteiger partial charge in [0.15, 0.2) is 0 Å². The number of likely N-dealkylation sites (tertiary alicyclic amines) is 1. The van der Waals surface area contributed by atoms with Crippen LogP contribution in [0.25, 0.3) is 10.8 Å². The first-order valence-corrected chi connectivity index (χ1v) is 8.61. The quantitative estimate of drug-likeness (QED) is 0.925. The Morgan fingerprint density at radius 2 is 1.92 bits per heavy atom. The van der Waals surface area contributed by atoms with Gasteiger partial charge < -0.3 is 14.6 Å². The molecular formula is C20H25NO4. The Labute approximate surface area is 148 Å². The van der Waals surface area contributed by atoms with Gasteiger partial charge in [-0.25, -0.2) is 4.79 Å². The number of aliphatic hydroxyl groups is 1. The number of amides is 1. The summed E-state index contributed by atoms with van der Waals surface area (Å²) in [7, 11) is 0. The second kappa shape index (κ2) is 6.92. The lowest BCUT2D eigenvalue weighted by Crippen LogP contribution is -2.41. The fraction of sp³-hybridized carbons (Fsp3) is 0.450. The summed E-state index contributed by atoms with van der Waals surface area (Å²) in [5.74, 6) is 0.770. The number of aliphatic hydroxyl groups excluding tert-OH is 1. The molecule has 0 aliphatic carbocycles. The van der Waals surface area contributed by atoms with Crippen LogP contribution in [-0.4, -0.2) is 47.0 Å². The molecule has 1 N–H and O–H groups in total. The van der Waals surface area contributed by atoms with Crippen LogP contribution in [0, 0.1) is 0 Å². The van der Waals surface area contributed by atoms with Crippen LogP contribution in [0.1, 0.15) is 27.2 Å². The average molecular weight is 343 g/mol. The number of carbonyl (C=O) groups excluding carboxylic acids is 1. The topological polar surface area (TPSA) is 59.0 Å². The molecule has 1 heterocycles. The molecule has 5 heteroatoms. The van der Waals surface area contributed by atoms with E-state index in [0.717, 1.165) is 16.5 Å². The molecule has 2 aromatic rings. The lowest BCUT2D eigenvalue weighted by atomic mass is 10.1. The van der Waals surface area contributed by atoms with E-state index < -0.39 is 11.7 Å². The molecule has 0 bridgehead atoms. The Morgan fingerprint density at radius 3 is 2.60 bits per heavy atom. The number of hydrogen-bond donors (Lipinski definition) is 1. The van der Waals surface area contributed by atoms with Crippen LogP contribution in [0.2, 0.25) is 0 Å². The van der Waals surface area contributed by atoms with Crippen molar-refractivity contribution in [3.63, 3.8) is 0 Å². The van der Waals surface area contributed by atoms with Crippen LogP contribution in [0.3, 0.4) is 0 Å². The van der Waals surface area contributed by atoms with Gasteiger partial charge in [0.05, 0.1) is 19.2 Å². The van der Waals surface area contributed by atoms with Gasteiger partial charge in [0, 0.05) is 6.42 Å². The molecule has 0 aromatic heterocycles. The Kier molecular flexibility index (Phi) is 4.86. The van der Waals surface area contributed by atoms with Crippen molar-refractivity contribution < 1.29 is 19.4 Å². The van der Waals surface area contributed by atoms with Gasteiger partial charge in [0.1, 0.15) is 17.5 Å². The minimum absolute atomic E-state index is 0.100. The van der Waals surface area contributed by atoms with Crippen LogP contribution in [0.5, 0.6) is 5.75 Å². The van der Waals surface area contributed by atoms with Crippen molar-refractivity contribution in [1.29, 1.82) is 0 Å². The zero-order valence-corrected chi connectivity index (χ0v) is 14.9. The SMILES string of the molecule is CC(C)(C)OC(=O)N1CC(Oc2ccc3ccccc3c2)CC1CO. The summed E-state index contributed by atoms with van der Waals surface area (Å²) in [5, 5.41) is 11.9. The van der Waals surface area contributed by atoms with Gasteiger partial charge in [-0.15, -0.1) is 0 Å². The summed E-state index contributed by atoms with van der Waals surface area (Å²) in [4.78, 5) is 13.9. The van der Waals surface area contributed by atoms with Crippen molar-refractivity contribution in [3.8, 4) is 5.75 Å². The van der Waals surface area contributed by atoms with E-state index in [0.29, 0.717) is 13.0 Å². The molecule has 2 atom stereocenters. The van der Waals surface area contributed by atoms with E-state index in [9.17, 15) is 9.90 Å². The predicted molar refractivity (Wildman–Crippen MR) is 96.8 cm³/mol. The third kappa shape index (κ3) is 4.23. The fourth-order valence-electron chi connectivity index (χ4n) is 3.11. The van der Waals surface area contributed by atoms with Crippen LogP contribution in [-0.2, 0) is 4.74 Å². The number of fused-ring (bicyclic) bond motifs is 1. The molecule has 25 heavy (non-hydrogen) atoms. The van der Waals surface area contributed by atoms with Gasteiger partial charge in [-0.1, -0.05) is 30.3 Å². The van der Waals surface area contributed by atoms with E-state index in [1.165, 1.54) is 0 Å². The summed E-state index contributed by atoms with van der Waals surface area (Å²) in [5.41, 5.74) is -0.561. The van der Waals surface area contributed by atoms with Gasteiger partial charge in [-0.3, -0.25) is 4.90 Å². The zero-order valence-electron chi connectivity index (χ0n) is 14.9. The van der Waals surface area contributed by atoms with Gasteiger partial charge in [0.2, 0.25) is 0 Å². The van der Waals surface area contributed by atoms with E-state index in [-0.39, 0.29) is 18.8 Å². The van der Waals surface area contributed by atoms with Crippen molar-refractivity contribution in [2.75, 3.05) is 13.2 Å². The summed E-state index contributed by atoms with van der Waals surface area (Å²) in [6.45, 7) is 5.80. The van der Waals surface area contributed by atoms with Gasteiger partial charge in [0.25, 0.3) is 0 Å². The molecule has 2 unspecified atom stereocenters. The maximum absolute atomic E-state index is 12.3. The number of carbonyl (C=O) groups is 1. The Hall–Kier alpha value is -2.27. The molecular weight excluding hydrogens is 318 g/mol. The maximum atomic E-state index is 12.3. The zero-order chi connectivity index (χ0) is 18.0. The normalized spacial score (nSPS) is 20.7. The van der Waals surface area contributed by atoms with Gasteiger partial charge >= 0.3 is 6.09 Å². The van der Waals surface area contributed by atoms with Crippen molar-refractivity contribution in [2.24, 2.45) is 0 Å². The minimum Gasteiger partial charge on any atom is -0.488 e. The predicted octanol–water partition coefficient (Wildman–Crippen LogP) is 3.59. The summed E-state index contributed by atoms with van der Waals surface area (Å²) in [6, 6.07) is 13.8. The Bertz CT molecular complexity index is 753. The van der Waals surface area contributed by atoms with E-state index in [4.69, 9.17) is 9.47 Å². The minimum atomic E-state index is -0.561. The molecule has 1 fully saturated rings. The molecule has 0 saturated carbocycles. The van der Waals surface area contributed by atoms with E-state index in [1.807, 2.05) is 57.2 Å². The second-order valence-electron chi connectivity index (χ2n) is 7.45. The summed E-state index contributed by atoms with van der Waals surface area (Å²) < 4.78 is 11.5. The molecule has 0 spiro atoms. The fourth-order valence-corrected chi connectivity index (χ4v) is 3.11. The standard InChI is InChI=1S/C20H25NO4/c1-20(2,3)25-19(23)21-12-18(11-16(21)13-22)24-17-9-8-14-6-4-5-7-15(14)10-17/h4-10,16,18,22H,11-13H2,1-3H3. The molecule has 1 aliphatic rings. The maximum Gasteiger partial charge on any atom is 0.410 e. The number of benzene rings is 2. The first-order valence-electron chi connectivity index (χ1n) is 8.61. The second-order valence-corrected chi connectivity index (χ2v) is 7.45. The smallest absolute Gasteiger partial charge is 0.410 e. The molecule has 134 valence electrons. The number of nitrogens with zero attached hydrogens (tertiary/aromatic N) is 1. The van der Waals surface area contributed by atoms with E-state index in [2.05, 4.69) is 6.07 Å². The van der Waals surface area contributed by atoms with Crippen molar-refractivity contribution >= 4 is 16.9 Å². The van der Waals surface area contributed by atoms with E-state index >= 15 is 0 Å². The molecule has 5 nitrogen and oxygen atoms in total. The Balaban J connectivity index is 1.69. The monoisotopic (exact) mass is 343 g/mol. The first-order chi connectivity index (χ1) is 11.9. The number of rotatable bonds is 3. The molecule has 2 aromatic carbocycles. The molecule has 0 radical (unpaired) electrons. The summed E-state index contributed by atoms with van der Waals surface area (Å²) >= 11 is 0. The molecule has 1 saturated heterocycles. The largest absolute Gasteiger partial charge is 0.488 e. The van der Waals surface area contributed by atoms with Crippen LogP contribution in [0.4, 0.5) is 4.79 Å². The lowest BCUT2D eigenvalue weighted by molar-refractivity contribution is 0.0165. The van der Waals surface area contributed by atoms with Gasteiger partial charge in [-0.05, 0) is 43.7 Å². The van der Waals surface area contributed by atoms with Gasteiger partial charge in [-0.2, -0.15) is 0 Å². The Morgan fingerprint density at radius 1 is 1.20 bits per heavy atom. The number of hydrogen-bond acceptors (Lipinski definition) is 4. The summed E-state index contributed by atoms with van der Waals surface area (Å²) in [6.07, 6.45) is 0.0183. The number of ether oxygens (including phenoxy) is 2. The van der Waals surface area contributed by atoms with E-state index in [1.54, 1.807) is 4.90 Å². The molecule has 1 amide bonds. The third-order valence-electron chi connectivity index (χ3n) is 4.24. The van der Waals surface area contributed by atoms with Crippen LogP contribution in [0.15, 0.2) is 42.5 Å². The van der Waals surface area contributed by atoms with Crippen LogP contribution < -0.4 is 4.74 Å². The van der Waals surface area contributed by atoms with Crippen molar-refractivity contribution in [2.45, 2.75) is 44.9 Å². The third-order valence-corrected chi connectivity index (χ3v) is 4.24. The highest BCUT2D eigenvalue weighted by atomic mass is 16.6. The highest BCUT2D eigenvalue weighted by Gasteiger charge is 2.38. The lowest BCUT2D eigenvalue weighted by Gasteiger charge is -2.27. The first kappa shape index (κ1) is 17.5. The van der Waals surface area contributed by atoms with Crippen LogP contribution >= 0.6 is 0 Å². The van der Waals surface area contributed by atoms with Crippen molar-refractivity contribution in [1.82, 2.24) is 4.90 Å². The highest BCUT2D eigenvalue weighted by Crippen LogP contribution is 2.27. The van der Waals surface area contributed by atoms with Crippen molar-refractivity contribution in [3.05, 3.63) is 42.5 Å².